The van der Waals surface area contributed by atoms with Crippen LogP contribution in [0.5, 0.6) is 0 Å². The zero-order valence-electron chi connectivity index (χ0n) is 10.4. The Labute approximate surface area is 98.4 Å². The first-order valence-electron chi connectivity index (χ1n) is 5.64. The Morgan fingerprint density at radius 2 is 2.41 bits per heavy atom. The number of aromatic nitrogens is 3. The van der Waals surface area contributed by atoms with Gasteiger partial charge in [0, 0.05) is 17.8 Å². The van der Waals surface area contributed by atoms with Gasteiger partial charge in [-0.25, -0.2) is 4.79 Å². The summed E-state index contributed by atoms with van der Waals surface area (Å²) in [4.78, 5) is 11.7. The van der Waals surface area contributed by atoms with Gasteiger partial charge in [0.25, 0.3) is 0 Å². The number of hydrogen-bond donors (Lipinski definition) is 1. The van der Waals surface area contributed by atoms with Crippen LogP contribution >= 0.6 is 0 Å². The zero-order chi connectivity index (χ0) is 12.9. The van der Waals surface area contributed by atoms with Gasteiger partial charge in [-0.3, -0.25) is 5.10 Å². The Bertz CT molecular complexity index is 772. The molecule has 1 aromatic carbocycles. The average Bonchev–Trinajstić information content (AvgIpc) is 2.92. The molecule has 0 atom stereocenters. The third-order valence-electron chi connectivity index (χ3n) is 2.90. The van der Waals surface area contributed by atoms with Crippen molar-refractivity contribution in [2.24, 2.45) is 7.05 Å². The fraction of sp³-hybridized carbons (Fsp3) is 0.167. The minimum atomic E-state index is -0.504. The van der Waals surface area contributed by atoms with E-state index in [9.17, 15) is 4.79 Å². The van der Waals surface area contributed by atoms with E-state index in [1.165, 1.54) is 7.11 Å². The molecule has 0 fully saturated rings. The van der Waals surface area contributed by atoms with Crippen LogP contribution in [0.4, 0.5) is 0 Å². The van der Waals surface area contributed by atoms with Crippen LogP contribution in [0, 0.1) is 0 Å². The van der Waals surface area contributed by atoms with E-state index in [1.54, 1.807) is 17.8 Å². The topological polar surface area (TPSA) is 59.9 Å². The Hall–Kier alpha value is -2.30. The number of carbonyl (C=O) groups is 1. The van der Waals surface area contributed by atoms with Crippen molar-refractivity contribution in [1.82, 2.24) is 14.8 Å². The van der Waals surface area contributed by atoms with Crippen LogP contribution in [0.15, 0.2) is 24.4 Å². The largest absolute Gasteiger partial charge is 0.464 e. The molecule has 0 amide bonds. The van der Waals surface area contributed by atoms with Gasteiger partial charge in [-0.05, 0) is 12.1 Å². The molecule has 0 radical (unpaired) electrons. The number of benzene rings is 1. The predicted molar refractivity (Wildman–Crippen MR) is 63.9 cm³/mol. The van der Waals surface area contributed by atoms with Gasteiger partial charge in [0.1, 0.15) is 5.69 Å². The lowest BCUT2D eigenvalue weighted by molar-refractivity contribution is 0.0590. The highest BCUT2D eigenvalue weighted by molar-refractivity contribution is 6.07. The summed E-state index contributed by atoms with van der Waals surface area (Å²) >= 11 is 0. The van der Waals surface area contributed by atoms with Gasteiger partial charge in [-0.2, -0.15) is 5.10 Å². The fourth-order valence-corrected chi connectivity index (χ4v) is 2.07. The number of carbonyl (C=O) groups excluding carboxylic acids is 1. The summed E-state index contributed by atoms with van der Waals surface area (Å²) in [6.07, 6.45) is 1.69. The molecular formula is C12H11N3O2. The van der Waals surface area contributed by atoms with Crippen molar-refractivity contribution in [3.05, 3.63) is 30.1 Å². The van der Waals surface area contributed by atoms with Gasteiger partial charge in [0.05, 0.1) is 25.7 Å². The molecule has 0 saturated carbocycles. The van der Waals surface area contributed by atoms with Gasteiger partial charge < -0.3 is 9.30 Å². The highest BCUT2D eigenvalue weighted by atomic mass is 16.5. The smallest absolute Gasteiger partial charge is 0.354 e. The van der Waals surface area contributed by atoms with E-state index >= 15 is 0 Å². The van der Waals surface area contributed by atoms with Crippen molar-refractivity contribution in [3.63, 3.8) is 0 Å². The van der Waals surface area contributed by atoms with E-state index in [0.29, 0.717) is 5.39 Å². The first kappa shape index (κ1) is 8.81. The van der Waals surface area contributed by atoms with Crippen LogP contribution in [-0.2, 0) is 11.8 Å². The van der Waals surface area contributed by atoms with Crippen LogP contribution < -0.4 is 0 Å². The first-order valence-corrected chi connectivity index (χ1v) is 5.14. The van der Waals surface area contributed by atoms with E-state index in [0.717, 1.165) is 16.4 Å². The van der Waals surface area contributed by atoms with Crippen molar-refractivity contribution in [3.8, 4) is 0 Å². The number of fused-ring (bicyclic) bond motifs is 3. The number of H-pyrrole nitrogens is 1. The summed E-state index contributed by atoms with van der Waals surface area (Å²) in [7, 11) is 3.06. The second-order valence-corrected chi connectivity index (χ2v) is 3.82. The number of nitrogens with one attached hydrogen (secondary N) is 1. The van der Waals surface area contributed by atoms with Gasteiger partial charge in [0.15, 0.2) is 0 Å². The standard InChI is InChI=1S/C12H11N3O2/c1-15-10(12(16)17-2)5-7-3-4-9-8(11(7)15)6-13-14-9/h3-6H,1-2H3,(H,13,14)/i5D. The number of nitrogens with zero attached hydrogens (tertiary/aromatic N) is 2. The number of aryl methyl sites for hydroxylation is 1. The molecule has 3 aromatic rings. The Morgan fingerprint density at radius 3 is 3.18 bits per heavy atom. The molecular weight excluding hydrogens is 218 g/mol. The van der Waals surface area contributed by atoms with Crippen LogP contribution in [0.2, 0.25) is 0 Å². The van der Waals surface area contributed by atoms with Gasteiger partial charge in [-0.1, -0.05) is 6.07 Å². The molecule has 0 aliphatic carbocycles. The molecule has 0 spiro atoms. The molecule has 0 aliphatic heterocycles. The number of rotatable bonds is 1. The molecule has 1 N–H and O–H groups in total. The van der Waals surface area contributed by atoms with E-state index in [4.69, 9.17) is 6.11 Å². The van der Waals surface area contributed by atoms with E-state index < -0.39 is 5.97 Å². The molecule has 5 nitrogen and oxygen atoms in total. The molecule has 17 heavy (non-hydrogen) atoms. The van der Waals surface area contributed by atoms with Gasteiger partial charge in [0.2, 0.25) is 0 Å². The monoisotopic (exact) mass is 230 g/mol. The lowest BCUT2D eigenvalue weighted by Gasteiger charge is -2.02. The molecule has 2 heterocycles. The maximum absolute atomic E-state index is 11.7. The molecule has 3 rings (SSSR count). The summed E-state index contributed by atoms with van der Waals surface area (Å²) < 4.78 is 14.5. The second kappa shape index (κ2) is 3.35. The molecule has 0 saturated heterocycles. The number of methoxy groups -OCH3 is 1. The highest BCUT2D eigenvalue weighted by Gasteiger charge is 2.15. The first-order chi connectivity index (χ1) is 8.65. The quantitative estimate of drug-likeness (QED) is 0.649. The lowest BCUT2D eigenvalue weighted by Crippen LogP contribution is -2.06. The summed E-state index contributed by atoms with van der Waals surface area (Å²) in [5.74, 6) is -0.504. The number of ether oxygens (including phenoxy) is 1. The molecule has 0 unspecified atom stereocenters. The third kappa shape index (κ3) is 1.25. The van der Waals surface area contributed by atoms with Crippen molar-refractivity contribution in [2.45, 2.75) is 0 Å². The van der Waals surface area contributed by atoms with Crippen LogP contribution in [0.1, 0.15) is 11.9 Å². The summed E-state index contributed by atoms with van der Waals surface area (Å²) in [6, 6.07) is 3.84. The summed E-state index contributed by atoms with van der Waals surface area (Å²) in [5, 5.41) is 8.45. The predicted octanol–water partition coefficient (Wildman–Crippen LogP) is 1.84. The number of aromatic amines is 1. The fourth-order valence-electron chi connectivity index (χ4n) is 2.07. The van der Waals surface area contributed by atoms with Gasteiger partial charge >= 0.3 is 5.97 Å². The van der Waals surface area contributed by atoms with Crippen LogP contribution in [0.25, 0.3) is 21.8 Å². The Balaban J connectivity index is 2.50. The minimum Gasteiger partial charge on any atom is -0.464 e. The molecule has 0 aliphatic rings. The summed E-state index contributed by atoms with van der Waals surface area (Å²) in [6.45, 7) is 0. The number of esters is 1. The van der Waals surface area contributed by atoms with Crippen LogP contribution in [-0.4, -0.2) is 27.8 Å². The third-order valence-corrected chi connectivity index (χ3v) is 2.90. The van der Waals surface area contributed by atoms with E-state index in [1.807, 2.05) is 12.1 Å². The van der Waals surface area contributed by atoms with Crippen LogP contribution in [0.3, 0.4) is 0 Å². The van der Waals surface area contributed by atoms with Crippen molar-refractivity contribution in [1.29, 1.82) is 0 Å². The highest BCUT2D eigenvalue weighted by Crippen LogP contribution is 2.26. The maximum Gasteiger partial charge on any atom is 0.354 e. The zero-order valence-corrected chi connectivity index (χ0v) is 9.44. The van der Waals surface area contributed by atoms with Crippen molar-refractivity contribution < 1.29 is 10.9 Å². The SMILES string of the molecule is [2H]c1c(C(=O)OC)n(C)c2c1ccc1[nH]ncc12. The second-order valence-electron chi connectivity index (χ2n) is 3.82. The molecule has 2 aromatic heterocycles. The number of hydrogen-bond acceptors (Lipinski definition) is 3. The van der Waals surface area contributed by atoms with Gasteiger partial charge in [-0.15, -0.1) is 0 Å². The Kier molecular flexibility index (Phi) is 1.73. The lowest BCUT2D eigenvalue weighted by atomic mass is 10.2. The molecule has 0 bridgehead atoms. The van der Waals surface area contributed by atoms with Crippen molar-refractivity contribution in [2.75, 3.05) is 7.11 Å². The molecule has 5 heteroatoms. The van der Waals surface area contributed by atoms with Crippen molar-refractivity contribution >= 4 is 27.8 Å². The minimum absolute atomic E-state index is 0.183. The maximum atomic E-state index is 11.7. The normalized spacial score (nSPS) is 12.0. The average molecular weight is 230 g/mol. The summed E-state index contributed by atoms with van der Waals surface area (Å²) in [5.41, 5.74) is 1.94. The molecule has 86 valence electrons. The van der Waals surface area contributed by atoms with E-state index in [-0.39, 0.29) is 11.7 Å². The van der Waals surface area contributed by atoms with E-state index in [2.05, 4.69) is 10.2 Å². The Morgan fingerprint density at radius 1 is 1.59 bits per heavy atom.